The molecule has 2 aliphatic heterocycles. The highest BCUT2D eigenvalue weighted by Crippen LogP contribution is 2.43. The number of anilines is 1. The average Bonchev–Trinajstić information content (AvgIpc) is 3.08. The Morgan fingerprint density at radius 2 is 1.97 bits per heavy atom. The van der Waals surface area contributed by atoms with Gasteiger partial charge in [-0.2, -0.15) is 4.99 Å². The van der Waals surface area contributed by atoms with Gasteiger partial charge in [-0.15, -0.1) is 0 Å². The Kier molecular flexibility index (Phi) is 5.76. The monoisotopic (exact) mass is 516 g/mol. The molecule has 2 aromatic rings. The number of hydrogen-bond acceptors (Lipinski definition) is 4. The molecule has 2 heterocycles. The highest BCUT2D eigenvalue weighted by atomic mass is 79.9. The van der Waals surface area contributed by atoms with Crippen molar-refractivity contribution in [3.8, 4) is 0 Å². The smallest absolute Gasteiger partial charge is 0.252 e. The summed E-state index contributed by atoms with van der Waals surface area (Å²) in [4.78, 5) is 18.6. The third-order valence-electron chi connectivity index (χ3n) is 4.72. The molecule has 10 heteroatoms. The fraction of sp³-hybridized carbons (Fsp3) is 0.263. The minimum absolute atomic E-state index is 0.0117. The molecule has 0 N–H and O–H groups in total. The molecular weight excluding hydrogens is 503 g/mol. The molecule has 0 spiro atoms. The van der Waals surface area contributed by atoms with Crippen molar-refractivity contribution in [2.45, 2.75) is 17.7 Å². The second-order valence-electron chi connectivity index (χ2n) is 6.86. The van der Waals surface area contributed by atoms with Crippen LogP contribution in [-0.4, -0.2) is 42.3 Å². The number of carbonyl (C=O) groups is 1. The van der Waals surface area contributed by atoms with Crippen LogP contribution in [0.25, 0.3) is 0 Å². The number of benzene rings is 2. The number of amidine groups is 1. The van der Waals surface area contributed by atoms with E-state index in [0.29, 0.717) is 21.4 Å². The first-order valence-electron chi connectivity index (χ1n) is 8.69. The summed E-state index contributed by atoms with van der Waals surface area (Å²) in [5.41, 5.74) is 1.26. The predicted octanol–water partition coefficient (Wildman–Crippen LogP) is 4.09. The number of hydrogen-bond donors (Lipinski definition) is 0. The van der Waals surface area contributed by atoms with Crippen LogP contribution >= 0.6 is 39.3 Å². The summed E-state index contributed by atoms with van der Waals surface area (Å²) in [7, 11) is -3.16. The van der Waals surface area contributed by atoms with E-state index in [1.165, 1.54) is 23.9 Å². The lowest BCUT2D eigenvalue weighted by atomic mass is 10.1. The lowest BCUT2D eigenvalue weighted by Crippen LogP contribution is -2.38. The van der Waals surface area contributed by atoms with Crippen molar-refractivity contribution in [1.29, 1.82) is 0 Å². The zero-order chi connectivity index (χ0) is 20.8. The molecule has 2 aliphatic rings. The van der Waals surface area contributed by atoms with Crippen molar-refractivity contribution in [3.63, 3.8) is 0 Å². The SMILES string of the molecule is O=C(Cc1ccc(F)cc1)N=C1SC2CS(=O)(=O)CC2N1c1ccc(Br)cc1Cl. The first-order valence-corrected chi connectivity index (χ1v) is 12.6. The Morgan fingerprint density at radius 1 is 1.24 bits per heavy atom. The Balaban J connectivity index is 1.66. The summed E-state index contributed by atoms with van der Waals surface area (Å²) < 4.78 is 38.1. The van der Waals surface area contributed by atoms with Crippen molar-refractivity contribution >= 4 is 65.9 Å². The van der Waals surface area contributed by atoms with Gasteiger partial charge >= 0.3 is 0 Å². The predicted molar refractivity (Wildman–Crippen MR) is 118 cm³/mol. The largest absolute Gasteiger partial charge is 0.314 e. The molecule has 2 atom stereocenters. The van der Waals surface area contributed by atoms with Crippen LogP contribution in [0, 0.1) is 5.82 Å². The second kappa shape index (κ2) is 8.02. The van der Waals surface area contributed by atoms with E-state index in [1.54, 1.807) is 35.2 Å². The molecule has 2 saturated heterocycles. The number of amides is 1. The van der Waals surface area contributed by atoms with Gasteiger partial charge in [-0.1, -0.05) is 51.4 Å². The Bertz CT molecular complexity index is 1110. The van der Waals surface area contributed by atoms with Gasteiger partial charge in [0.25, 0.3) is 5.91 Å². The second-order valence-corrected chi connectivity index (χ2v) is 11.5. The van der Waals surface area contributed by atoms with E-state index in [4.69, 9.17) is 11.6 Å². The van der Waals surface area contributed by atoms with Crippen LogP contribution < -0.4 is 4.90 Å². The Morgan fingerprint density at radius 3 is 2.66 bits per heavy atom. The lowest BCUT2D eigenvalue weighted by Gasteiger charge is -2.25. The number of fused-ring (bicyclic) bond motifs is 1. The minimum atomic E-state index is -3.16. The van der Waals surface area contributed by atoms with Crippen LogP contribution in [0.4, 0.5) is 10.1 Å². The molecule has 0 aliphatic carbocycles. The van der Waals surface area contributed by atoms with Gasteiger partial charge in [0.1, 0.15) is 5.82 Å². The van der Waals surface area contributed by atoms with Crippen LogP contribution in [-0.2, 0) is 21.1 Å². The third-order valence-corrected chi connectivity index (χ3v) is 8.73. The molecule has 4 rings (SSSR count). The fourth-order valence-electron chi connectivity index (χ4n) is 3.45. The number of sulfone groups is 1. The third kappa shape index (κ3) is 4.52. The van der Waals surface area contributed by atoms with Crippen LogP contribution in [0.5, 0.6) is 0 Å². The summed E-state index contributed by atoms with van der Waals surface area (Å²) in [5, 5.41) is 0.659. The fourth-order valence-corrected chi connectivity index (χ4v) is 8.13. The van der Waals surface area contributed by atoms with E-state index in [1.807, 2.05) is 0 Å². The van der Waals surface area contributed by atoms with Crippen molar-refractivity contribution in [1.82, 2.24) is 0 Å². The van der Waals surface area contributed by atoms with E-state index in [0.717, 1.165) is 4.47 Å². The molecule has 29 heavy (non-hydrogen) atoms. The highest BCUT2D eigenvalue weighted by Gasteiger charge is 2.49. The summed E-state index contributed by atoms with van der Waals surface area (Å²) in [6.07, 6.45) is 0.0277. The van der Waals surface area contributed by atoms with Gasteiger partial charge in [0.05, 0.1) is 34.7 Å². The van der Waals surface area contributed by atoms with Gasteiger partial charge in [-0.05, 0) is 35.9 Å². The maximum absolute atomic E-state index is 13.1. The molecule has 1 amide bonds. The maximum atomic E-state index is 13.1. The van der Waals surface area contributed by atoms with Gasteiger partial charge in [-0.3, -0.25) is 4.79 Å². The normalized spacial score (nSPS) is 24.1. The zero-order valence-electron chi connectivity index (χ0n) is 14.9. The van der Waals surface area contributed by atoms with E-state index >= 15 is 0 Å². The van der Waals surface area contributed by atoms with Gasteiger partial charge in [-0.25, -0.2) is 12.8 Å². The average molecular weight is 518 g/mol. The highest BCUT2D eigenvalue weighted by molar-refractivity contribution is 9.10. The van der Waals surface area contributed by atoms with Crippen molar-refractivity contribution < 1.29 is 17.6 Å². The number of rotatable bonds is 3. The van der Waals surface area contributed by atoms with Gasteiger partial charge in [0.15, 0.2) is 15.0 Å². The molecule has 2 aromatic carbocycles. The van der Waals surface area contributed by atoms with Crippen LogP contribution in [0.2, 0.25) is 5.02 Å². The van der Waals surface area contributed by atoms with Gasteiger partial charge in [0, 0.05) is 9.72 Å². The molecular formula is C19H15BrClFN2O3S2. The van der Waals surface area contributed by atoms with E-state index in [9.17, 15) is 17.6 Å². The van der Waals surface area contributed by atoms with Crippen molar-refractivity contribution in [3.05, 3.63) is 63.3 Å². The summed E-state index contributed by atoms with van der Waals surface area (Å²) in [6.45, 7) is 0. The number of thioether (sulfide) groups is 1. The van der Waals surface area contributed by atoms with Gasteiger partial charge < -0.3 is 4.90 Å². The van der Waals surface area contributed by atoms with Crippen LogP contribution in [0.3, 0.4) is 0 Å². The maximum Gasteiger partial charge on any atom is 0.252 e. The molecule has 0 bridgehead atoms. The van der Waals surface area contributed by atoms with Crippen LogP contribution in [0.1, 0.15) is 5.56 Å². The van der Waals surface area contributed by atoms with Crippen molar-refractivity contribution in [2.24, 2.45) is 4.99 Å². The quantitative estimate of drug-likeness (QED) is 0.614. The lowest BCUT2D eigenvalue weighted by molar-refractivity contribution is -0.117. The van der Waals surface area contributed by atoms with E-state index in [-0.39, 0.29) is 40.9 Å². The molecule has 2 fully saturated rings. The number of halogens is 3. The number of nitrogens with zero attached hydrogens (tertiary/aromatic N) is 2. The number of carbonyl (C=O) groups excluding carboxylic acids is 1. The Hall–Kier alpha value is -1.42. The molecule has 5 nitrogen and oxygen atoms in total. The first-order chi connectivity index (χ1) is 13.7. The first kappa shape index (κ1) is 20.8. The zero-order valence-corrected chi connectivity index (χ0v) is 18.9. The van der Waals surface area contributed by atoms with Crippen molar-refractivity contribution in [2.75, 3.05) is 16.4 Å². The van der Waals surface area contributed by atoms with Crippen LogP contribution in [0.15, 0.2) is 51.9 Å². The summed E-state index contributed by atoms with van der Waals surface area (Å²) in [5.74, 6) is -0.732. The van der Waals surface area contributed by atoms with E-state index in [2.05, 4.69) is 20.9 Å². The Labute approximate surface area is 185 Å². The van der Waals surface area contributed by atoms with E-state index < -0.39 is 9.84 Å². The number of aliphatic imine (C=N–C) groups is 1. The summed E-state index contributed by atoms with van der Waals surface area (Å²) in [6, 6.07) is 10.6. The molecule has 0 saturated carbocycles. The standard InChI is InChI=1S/C19H15BrClFN2O3S2/c20-12-3-6-15(14(21)8-12)24-16-9-29(26,27)10-17(16)28-19(24)23-18(25)7-11-1-4-13(22)5-2-11/h1-6,8,16-17H,7,9-10H2. The molecule has 152 valence electrons. The minimum Gasteiger partial charge on any atom is -0.314 e. The molecule has 0 radical (unpaired) electrons. The molecule has 2 unspecified atom stereocenters. The summed E-state index contributed by atoms with van der Waals surface area (Å²) >= 11 is 11.1. The molecule has 0 aromatic heterocycles. The van der Waals surface area contributed by atoms with Gasteiger partial charge in [0.2, 0.25) is 0 Å². The topological polar surface area (TPSA) is 66.8 Å².